The number of benzene rings is 2. The summed E-state index contributed by atoms with van der Waals surface area (Å²) in [5.41, 5.74) is -0.708. The van der Waals surface area contributed by atoms with Gasteiger partial charge in [-0.1, -0.05) is 48.5 Å². The Labute approximate surface area is 156 Å². The highest BCUT2D eigenvalue weighted by molar-refractivity contribution is 5.87. The van der Waals surface area contributed by atoms with Crippen molar-refractivity contribution in [3.05, 3.63) is 83.9 Å². The molecule has 0 aliphatic rings. The first-order chi connectivity index (χ1) is 12.8. The lowest BCUT2D eigenvalue weighted by molar-refractivity contribution is -0.146. The molecule has 0 aliphatic heterocycles. The number of nitrogens with zero attached hydrogens (tertiary/aromatic N) is 1. The fraction of sp³-hybridized carbons (Fsp3) is 0.238. The van der Waals surface area contributed by atoms with E-state index in [1.807, 2.05) is 30.3 Å². The molecule has 0 saturated carbocycles. The van der Waals surface area contributed by atoms with E-state index in [0.717, 1.165) is 17.7 Å². The highest BCUT2D eigenvalue weighted by Crippen LogP contribution is 2.31. The maximum absolute atomic E-state index is 12.8. The van der Waals surface area contributed by atoms with Crippen LogP contribution in [0, 0.1) is 0 Å². The monoisotopic (exact) mass is 375 g/mol. The van der Waals surface area contributed by atoms with Crippen molar-refractivity contribution in [1.29, 1.82) is 0 Å². The van der Waals surface area contributed by atoms with Crippen LogP contribution in [0.15, 0.2) is 72.2 Å². The molecule has 6 heteroatoms. The quantitative estimate of drug-likeness (QED) is 0.394. The molecule has 0 radical (unpaired) electrons. The zero-order chi connectivity index (χ0) is 19.9. The summed E-state index contributed by atoms with van der Waals surface area (Å²) < 4.78 is 43.2. The Hall–Kier alpha value is -2.89. The summed E-state index contributed by atoms with van der Waals surface area (Å²) >= 11 is 0. The van der Waals surface area contributed by atoms with E-state index in [9.17, 15) is 18.0 Å². The Morgan fingerprint density at radius 3 is 2.26 bits per heavy atom. The molecule has 0 bridgehead atoms. The van der Waals surface area contributed by atoms with E-state index in [0.29, 0.717) is 5.56 Å². The molecule has 1 atom stereocenters. The van der Waals surface area contributed by atoms with Gasteiger partial charge >= 0.3 is 12.1 Å². The van der Waals surface area contributed by atoms with Crippen molar-refractivity contribution in [3.8, 4) is 0 Å². The van der Waals surface area contributed by atoms with E-state index in [1.54, 1.807) is 12.3 Å². The van der Waals surface area contributed by atoms with Gasteiger partial charge in [-0.25, -0.2) is 4.79 Å². The Morgan fingerprint density at radius 2 is 1.74 bits per heavy atom. The van der Waals surface area contributed by atoms with Crippen LogP contribution >= 0.6 is 0 Å². The summed E-state index contributed by atoms with van der Waals surface area (Å²) in [5, 5.41) is 0. The molecule has 2 aromatic rings. The van der Waals surface area contributed by atoms with Crippen molar-refractivity contribution in [3.63, 3.8) is 0 Å². The second-order valence-corrected chi connectivity index (χ2v) is 6.06. The van der Waals surface area contributed by atoms with E-state index < -0.39 is 23.2 Å². The molecule has 0 aromatic heterocycles. The number of carbonyl (C=O) groups is 1. The van der Waals surface area contributed by atoms with Crippen molar-refractivity contribution in [2.45, 2.75) is 24.6 Å². The minimum absolute atomic E-state index is 0.0904. The number of rotatable bonds is 7. The molecule has 0 spiro atoms. The lowest BCUT2D eigenvalue weighted by Crippen LogP contribution is -2.40. The van der Waals surface area contributed by atoms with Gasteiger partial charge in [-0.3, -0.25) is 4.99 Å². The number of hydrogen-bond donors (Lipinski definition) is 0. The van der Waals surface area contributed by atoms with Gasteiger partial charge in [0.25, 0.3) is 0 Å². The summed E-state index contributed by atoms with van der Waals surface area (Å²) in [6.07, 6.45) is -1.03. The molecule has 2 rings (SSSR count). The van der Waals surface area contributed by atoms with Crippen LogP contribution in [0.25, 0.3) is 0 Å². The molecular formula is C21H20F3NO2. The number of halogens is 3. The highest BCUT2D eigenvalue weighted by Gasteiger charge is 2.38. The third-order valence-electron chi connectivity index (χ3n) is 4.09. The van der Waals surface area contributed by atoms with Crippen molar-refractivity contribution in [2.24, 2.45) is 4.99 Å². The maximum atomic E-state index is 12.8. The van der Waals surface area contributed by atoms with Crippen LogP contribution < -0.4 is 0 Å². The Kier molecular flexibility index (Phi) is 6.55. The van der Waals surface area contributed by atoms with Gasteiger partial charge in [0.2, 0.25) is 0 Å². The number of ether oxygens (including phenoxy) is 1. The summed E-state index contributed by atoms with van der Waals surface area (Å²) in [6.45, 7) is 3.67. The first kappa shape index (κ1) is 20.4. The summed E-state index contributed by atoms with van der Waals surface area (Å²) in [7, 11) is 1.25. The van der Waals surface area contributed by atoms with Crippen LogP contribution in [0.5, 0.6) is 0 Å². The zero-order valence-electron chi connectivity index (χ0n) is 14.9. The molecule has 2 aromatic carbocycles. The number of carbonyl (C=O) groups excluding carboxylic acids is 1. The van der Waals surface area contributed by atoms with Crippen molar-refractivity contribution >= 4 is 12.2 Å². The van der Waals surface area contributed by atoms with Gasteiger partial charge < -0.3 is 4.74 Å². The normalized spacial score (nSPS) is 13.9. The fourth-order valence-corrected chi connectivity index (χ4v) is 2.69. The smallest absolute Gasteiger partial charge is 0.416 e. The molecule has 0 heterocycles. The van der Waals surface area contributed by atoms with Crippen LogP contribution in [-0.4, -0.2) is 24.8 Å². The SMILES string of the molecule is C=CCC(Cc1ccc(C(F)(F)F)cc1)(N=Cc1ccccc1)C(=O)OC. The number of esters is 1. The average molecular weight is 375 g/mol. The summed E-state index contributed by atoms with van der Waals surface area (Å²) in [5.74, 6) is -0.575. The van der Waals surface area contributed by atoms with Crippen LogP contribution in [-0.2, 0) is 22.1 Å². The number of hydrogen-bond acceptors (Lipinski definition) is 3. The second kappa shape index (κ2) is 8.66. The van der Waals surface area contributed by atoms with E-state index in [-0.39, 0.29) is 12.8 Å². The predicted octanol–water partition coefficient (Wildman–Crippen LogP) is 4.85. The predicted molar refractivity (Wildman–Crippen MR) is 98.7 cm³/mol. The highest BCUT2D eigenvalue weighted by atomic mass is 19.4. The fourth-order valence-electron chi connectivity index (χ4n) is 2.69. The zero-order valence-corrected chi connectivity index (χ0v) is 14.9. The van der Waals surface area contributed by atoms with Crippen LogP contribution in [0.4, 0.5) is 13.2 Å². The minimum Gasteiger partial charge on any atom is -0.467 e. The maximum Gasteiger partial charge on any atom is 0.416 e. The number of methoxy groups -OCH3 is 1. The Morgan fingerprint density at radius 1 is 1.11 bits per heavy atom. The largest absolute Gasteiger partial charge is 0.467 e. The third-order valence-corrected chi connectivity index (χ3v) is 4.09. The van der Waals surface area contributed by atoms with Crippen LogP contribution in [0.2, 0.25) is 0 Å². The minimum atomic E-state index is -4.41. The second-order valence-electron chi connectivity index (χ2n) is 6.06. The molecule has 0 aliphatic carbocycles. The van der Waals surface area contributed by atoms with Crippen molar-refractivity contribution in [1.82, 2.24) is 0 Å². The molecule has 3 nitrogen and oxygen atoms in total. The molecule has 1 unspecified atom stereocenters. The van der Waals surface area contributed by atoms with Crippen molar-refractivity contribution in [2.75, 3.05) is 7.11 Å². The van der Waals surface area contributed by atoms with Gasteiger partial charge in [0.1, 0.15) is 0 Å². The van der Waals surface area contributed by atoms with Gasteiger partial charge in [0, 0.05) is 19.1 Å². The van der Waals surface area contributed by atoms with Gasteiger partial charge in [0.05, 0.1) is 12.7 Å². The number of alkyl halides is 3. The molecule has 142 valence electrons. The molecule has 0 amide bonds. The summed E-state index contributed by atoms with van der Waals surface area (Å²) in [4.78, 5) is 17.0. The van der Waals surface area contributed by atoms with Gasteiger partial charge in [-0.15, -0.1) is 6.58 Å². The first-order valence-corrected chi connectivity index (χ1v) is 8.26. The summed E-state index contributed by atoms with van der Waals surface area (Å²) in [6, 6.07) is 13.9. The first-order valence-electron chi connectivity index (χ1n) is 8.26. The standard InChI is InChI=1S/C21H20F3NO2/c1-3-13-20(19(26)27-2,25-15-17-7-5-4-6-8-17)14-16-9-11-18(12-10-16)21(22,23)24/h3-12,15H,1,13-14H2,2H3. The lowest BCUT2D eigenvalue weighted by Gasteiger charge is -2.26. The van der Waals surface area contributed by atoms with Crippen LogP contribution in [0.1, 0.15) is 23.1 Å². The van der Waals surface area contributed by atoms with Crippen LogP contribution in [0.3, 0.4) is 0 Å². The van der Waals surface area contributed by atoms with Gasteiger partial charge in [-0.05, 0) is 23.3 Å². The topological polar surface area (TPSA) is 38.7 Å². The average Bonchev–Trinajstić information content (AvgIpc) is 2.66. The molecule has 0 fully saturated rings. The molecular weight excluding hydrogens is 355 g/mol. The third kappa shape index (κ3) is 5.29. The lowest BCUT2D eigenvalue weighted by atomic mass is 9.87. The van der Waals surface area contributed by atoms with Gasteiger partial charge in [-0.2, -0.15) is 13.2 Å². The molecule has 0 N–H and O–H groups in total. The Bertz CT molecular complexity index is 798. The molecule has 27 heavy (non-hydrogen) atoms. The van der Waals surface area contributed by atoms with Gasteiger partial charge in [0.15, 0.2) is 5.54 Å². The Balaban J connectivity index is 2.38. The number of aliphatic imine (C=N–C) groups is 1. The van der Waals surface area contributed by atoms with E-state index in [2.05, 4.69) is 11.6 Å². The van der Waals surface area contributed by atoms with E-state index in [4.69, 9.17) is 4.74 Å². The van der Waals surface area contributed by atoms with E-state index in [1.165, 1.54) is 19.2 Å². The van der Waals surface area contributed by atoms with E-state index >= 15 is 0 Å². The van der Waals surface area contributed by atoms with Crippen molar-refractivity contribution < 1.29 is 22.7 Å². The molecule has 0 saturated heterocycles.